The van der Waals surface area contributed by atoms with Crippen LogP contribution in [-0.2, 0) is 28.4 Å². The van der Waals surface area contributed by atoms with Gasteiger partial charge in [0.25, 0.3) is 0 Å². The zero-order valence-electron chi connectivity index (χ0n) is 23.1. The number of aromatic nitrogens is 1. The van der Waals surface area contributed by atoms with Crippen LogP contribution in [0.5, 0.6) is 0 Å². The second-order valence-electron chi connectivity index (χ2n) is 10.2. The van der Waals surface area contributed by atoms with Crippen molar-refractivity contribution in [3.05, 3.63) is 81.9 Å². The lowest BCUT2D eigenvalue weighted by Crippen LogP contribution is -2.36. The summed E-state index contributed by atoms with van der Waals surface area (Å²) in [5, 5.41) is 6.66. The standard InChI is InChI=1S/C29H30F6N4O3S/c1-42-27(41)38-26-37-24(17-43-26)23(9-12-39-10-7-20(8-11-39)19-5-3-2-4-6-19)25(40)36-16-18-13-21(28(30,31)32)15-22(14-18)29(33,34)35/h2-6,13-15,17,20,23H,7-12,16H2,1H3,(H,36,40)(H,37,38,41)/t23-/m1/s1. The van der Waals surface area contributed by atoms with Crippen molar-refractivity contribution in [2.24, 2.45) is 0 Å². The summed E-state index contributed by atoms with van der Waals surface area (Å²) >= 11 is 1.06. The number of methoxy groups -OCH3 is 1. The van der Waals surface area contributed by atoms with Crippen molar-refractivity contribution in [3.63, 3.8) is 0 Å². The van der Waals surface area contributed by atoms with E-state index in [1.165, 1.54) is 12.7 Å². The maximum atomic E-state index is 13.4. The molecule has 1 saturated heterocycles. The Morgan fingerprint density at radius 2 is 1.65 bits per heavy atom. The van der Waals surface area contributed by atoms with Crippen molar-refractivity contribution in [1.82, 2.24) is 15.2 Å². The smallest absolute Gasteiger partial charge is 0.416 e. The summed E-state index contributed by atoms with van der Waals surface area (Å²) in [6.07, 6.45) is -8.60. The largest absolute Gasteiger partial charge is 0.453 e. The van der Waals surface area contributed by atoms with Crippen LogP contribution < -0.4 is 10.6 Å². The molecule has 0 bridgehead atoms. The Bertz CT molecular complexity index is 1360. The first kappa shape index (κ1) is 32.3. The van der Waals surface area contributed by atoms with E-state index in [4.69, 9.17) is 0 Å². The van der Waals surface area contributed by atoms with Gasteiger partial charge in [-0.05, 0) is 74.1 Å². The molecule has 2 amide bonds. The number of anilines is 1. The van der Waals surface area contributed by atoms with E-state index in [1.807, 2.05) is 18.2 Å². The van der Waals surface area contributed by atoms with Gasteiger partial charge in [0.15, 0.2) is 5.13 Å². The maximum absolute atomic E-state index is 13.4. The van der Waals surface area contributed by atoms with Crippen LogP contribution in [0, 0.1) is 0 Å². The van der Waals surface area contributed by atoms with E-state index in [2.05, 4.69) is 37.4 Å². The number of amides is 2. The third-order valence-corrected chi connectivity index (χ3v) is 8.07. The normalized spacial score (nSPS) is 15.6. The number of alkyl halides is 6. The maximum Gasteiger partial charge on any atom is 0.416 e. The van der Waals surface area contributed by atoms with Gasteiger partial charge in [-0.2, -0.15) is 26.3 Å². The SMILES string of the molecule is COC(=O)Nc1nc([C@@H](CCN2CCC(c3ccccc3)CC2)C(=O)NCc2cc(C(F)(F)F)cc(C(F)(F)F)c2)cs1. The average Bonchev–Trinajstić information content (AvgIpc) is 3.43. The first-order chi connectivity index (χ1) is 20.3. The van der Waals surface area contributed by atoms with Crippen LogP contribution in [0.3, 0.4) is 0 Å². The molecule has 0 spiro atoms. The number of piperidine rings is 1. The van der Waals surface area contributed by atoms with Crippen LogP contribution >= 0.6 is 11.3 Å². The van der Waals surface area contributed by atoms with Gasteiger partial charge in [-0.1, -0.05) is 30.3 Å². The molecule has 0 unspecified atom stereocenters. The molecule has 2 aromatic carbocycles. The second kappa shape index (κ2) is 13.8. The summed E-state index contributed by atoms with van der Waals surface area (Å²) in [5.41, 5.74) is -1.67. The highest BCUT2D eigenvalue weighted by Gasteiger charge is 2.37. The number of carbonyl (C=O) groups excluding carboxylic acids is 2. The molecule has 43 heavy (non-hydrogen) atoms. The topological polar surface area (TPSA) is 83.6 Å². The van der Waals surface area contributed by atoms with Gasteiger partial charge in [0.1, 0.15) is 0 Å². The molecule has 2 N–H and O–H groups in total. The Balaban J connectivity index is 1.47. The fraction of sp³-hybridized carbons (Fsp3) is 0.414. The van der Waals surface area contributed by atoms with Gasteiger partial charge in [-0.3, -0.25) is 10.1 Å². The number of ether oxygens (including phenoxy) is 1. The van der Waals surface area contributed by atoms with Crippen molar-refractivity contribution in [2.45, 2.75) is 50.0 Å². The molecule has 2 heterocycles. The first-order valence-corrected chi connectivity index (χ1v) is 14.3. The Labute approximate surface area is 248 Å². The van der Waals surface area contributed by atoms with Crippen molar-refractivity contribution < 1.29 is 40.7 Å². The molecule has 0 aliphatic carbocycles. The van der Waals surface area contributed by atoms with Crippen LogP contribution in [0.4, 0.5) is 36.3 Å². The number of nitrogens with zero attached hydrogens (tertiary/aromatic N) is 2. The van der Waals surface area contributed by atoms with E-state index in [-0.39, 0.29) is 16.8 Å². The summed E-state index contributed by atoms with van der Waals surface area (Å²) in [6.45, 7) is 1.55. The molecular weight excluding hydrogens is 598 g/mol. The van der Waals surface area contributed by atoms with E-state index in [9.17, 15) is 35.9 Å². The molecule has 1 aliphatic heterocycles. The Kier molecular flexibility index (Phi) is 10.3. The summed E-state index contributed by atoms with van der Waals surface area (Å²) in [6, 6.07) is 11.4. The fourth-order valence-electron chi connectivity index (χ4n) is 5.02. The zero-order valence-corrected chi connectivity index (χ0v) is 23.9. The predicted molar refractivity (Wildman–Crippen MR) is 149 cm³/mol. The first-order valence-electron chi connectivity index (χ1n) is 13.5. The number of hydrogen-bond donors (Lipinski definition) is 2. The molecule has 4 rings (SSSR count). The van der Waals surface area contributed by atoms with E-state index in [1.54, 1.807) is 5.38 Å². The van der Waals surface area contributed by atoms with E-state index in [0.717, 1.165) is 37.3 Å². The van der Waals surface area contributed by atoms with Gasteiger partial charge in [0.2, 0.25) is 5.91 Å². The van der Waals surface area contributed by atoms with Gasteiger partial charge in [0.05, 0.1) is 29.8 Å². The molecule has 0 radical (unpaired) electrons. The van der Waals surface area contributed by atoms with Crippen LogP contribution in [0.25, 0.3) is 0 Å². The van der Waals surface area contributed by atoms with E-state index < -0.39 is 47.9 Å². The van der Waals surface area contributed by atoms with Gasteiger partial charge in [-0.25, -0.2) is 9.78 Å². The van der Waals surface area contributed by atoms with Crippen molar-refractivity contribution in [3.8, 4) is 0 Å². The fourth-order valence-corrected chi connectivity index (χ4v) is 5.77. The predicted octanol–water partition coefficient (Wildman–Crippen LogP) is 7.03. The highest BCUT2D eigenvalue weighted by atomic mass is 32.1. The summed E-state index contributed by atoms with van der Waals surface area (Å²) in [4.78, 5) is 31.5. The number of thiazole rings is 1. The van der Waals surface area contributed by atoms with Crippen LogP contribution in [-0.4, -0.2) is 48.6 Å². The molecule has 7 nitrogen and oxygen atoms in total. The minimum Gasteiger partial charge on any atom is -0.453 e. The lowest BCUT2D eigenvalue weighted by Gasteiger charge is -2.32. The second-order valence-corrected chi connectivity index (χ2v) is 11.1. The highest BCUT2D eigenvalue weighted by Crippen LogP contribution is 2.36. The minimum atomic E-state index is -5.00. The number of benzene rings is 2. The molecule has 0 saturated carbocycles. The summed E-state index contributed by atoms with van der Waals surface area (Å²) in [5.74, 6) is -1.06. The van der Waals surface area contributed by atoms with Gasteiger partial charge >= 0.3 is 18.4 Å². The van der Waals surface area contributed by atoms with Gasteiger partial charge < -0.3 is 15.0 Å². The Morgan fingerprint density at radius 3 is 2.23 bits per heavy atom. The molecule has 1 fully saturated rings. The Morgan fingerprint density at radius 1 is 1.02 bits per heavy atom. The van der Waals surface area contributed by atoms with Gasteiger partial charge in [-0.15, -0.1) is 11.3 Å². The molecule has 14 heteroatoms. The van der Waals surface area contributed by atoms with Crippen LogP contribution in [0.1, 0.15) is 59.0 Å². The highest BCUT2D eigenvalue weighted by molar-refractivity contribution is 7.13. The van der Waals surface area contributed by atoms with Crippen LogP contribution in [0.2, 0.25) is 0 Å². The minimum absolute atomic E-state index is 0.0419. The van der Waals surface area contributed by atoms with Crippen molar-refractivity contribution in [2.75, 3.05) is 32.1 Å². The molecule has 3 aromatic rings. The van der Waals surface area contributed by atoms with E-state index in [0.29, 0.717) is 36.7 Å². The van der Waals surface area contributed by atoms with Crippen molar-refractivity contribution in [1.29, 1.82) is 0 Å². The van der Waals surface area contributed by atoms with Crippen LogP contribution in [0.15, 0.2) is 53.9 Å². The number of hydrogen-bond acceptors (Lipinski definition) is 6. The third kappa shape index (κ3) is 8.92. The van der Waals surface area contributed by atoms with E-state index >= 15 is 0 Å². The summed E-state index contributed by atoms with van der Waals surface area (Å²) < 4.78 is 84.3. The quantitative estimate of drug-likeness (QED) is 0.249. The van der Waals surface area contributed by atoms with Gasteiger partial charge in [0, 0.05) is 11.9 Å². The third-order valence-electron chi connectivity index (χ3n) is 7.30. The number of nitrogens with one attached hydrogen (secondary N) is 2. The molecule has 1 aliphatic rings. The monoisotopic (exact) mass is 628 g/mol. The number of rotatable bonds is 9. The number of halogens is 6. The van der Waals surface area contributed by atoms with Crippen molar-refractivity contribution >= 4 is 28.5 Å². The molecule has 232 valence electrons. The lowest BCUT2D eigenvalue weighted by molar-refractivity contribution is -0.143. The molecular formula is C29H30F6N4O3S. The lowest BCUT2D eigenvalue weighted by atomic mass is 9.89. The Hall–Kier alpha value is -3.65. The zero-order chi connectivity index (χ0) is 31.2. The summed E-state index contributed by atoms with van der Waals surface area (Å²) in [7, 11) is 1.18. The molecule has 1 atom stereocenters. The molecule has 1 aromatic heterocycles. The average molecular weight is 629 g/mol. The number of carbonyl (C=O) groups is 2. The number of likely N-dealkylation sites (tertiary alicyclic amines) is 1.